The minimum absolute atomic E-state index is 0.0463. The Balaban J connectivity index is 4.40. The highest BCUT2D eigenvalue weighted by atomic mass is 16.6. The Hall–Kier alpha value is -1.10. The molecule has 15 heavy (non-hydrogen) atoms. The summed E-state index contributed by atoms with van der Waals surface area (Å²) in [4.78, 5) is 27.1. The van der Waals surface area contributed by atoms with Crippen molar-refractivity contribution in [2.24, 2.45) is 5.41 Å². The highest BCUT2D eigenvalue weighted by Crippen LogP contribution is 2.30. The van der Waals surface area contributed by atoms with E-state index in [2.05, 4.69) is 5.48 Å². The Morgan fingerprint density at radius 1 is 1.27 bits per heavy atom. The predicted molar refractivity (Wildman–Crippen MR) is 55.0 cm³/mol. The van der Waals surface area contributed by atoms with Gasteiger partial charge in [-0.15, -0.1) is 0 Å². The van der Waals surface area contributed by atoms with Gasteiger partial charge in [0.2, 0.25) is 5.91 Å². The van der Waals surface area contributed by atoms with Gasteiger partial charge in [0.1, 0.15) is 0 Å². The Kier molecular flexibility index (Phi) is 5.93. The predicted octanol–water partition coefficient (Wildman–Crippen LogP) is 1.34. The molecule has 0 saturated heterocycles. The number of rotatable bonds is 7. The maximum atomic E-state index is 11.3. The minimum atomic E-state index is -0.971. The third kappa shape index (κ3) is 3.87. The van der Waals surface area contributed by atoms with Gasteiger partial charge in [-0.1, -0.05) is 13.8 Å². The number of carbonyl (C=O) groups excluding carboxylic acids is 1. The van der Waals surface area contributed by atoms with Gasteiger partial charge in [-0.25, -0.2) is 5.48 Å². The second kappa shape index (κ2) is 6.40. The maximum absolute atomic E-state index is 11.3. The Bertz CT molecular complexity index is 223. The van der Waals surface area contributed by atoms with Gasteiger partial charge < -0.3 is 5.11 Å². The monoisotopic (exact) mass is 217 g/mol. The molecule has 0 aliphatic heterocycles. The van der Waals surface area contributed by atoms with E-state index in [4.69, 9.17) is 9.94 Å². The van der Waals surface area contributed by atoms with E-state index in [9.17, 15) is 9.59 Å². The molecule has 2 N–H and O–H groups in total. The number of carboxylic acids is 1. The summed E-state index contributed by atoms with van der Waals surface area (Å²) in [7, 11) is 0. The van der Waals surface area contributed by atoms with Crippen molar-refractivity contribution in [3.63, 3.8) is 0 Å². The first-order valence-electron chi connectivity index (χ1n) is 5.16. The molecule has 0 radical (unpaired) electrons. The van der Waals surface area contributed by atoms with Gasteiger partial charge in [-0.3, -0.25) is 14.4 Å². The lowest BCUT2D eigenvalue weighted by Gasteiger charge is -2.25. The van der Waals surface area contributed by atoms with Crippen LogP contribution >= 0.6 is 0 Å². The minimum Gasteiger partial charge on any atom is -0.481 e. The van der Waals surface area contributed by atoms with Crippen LogP contribution < -0.4 is 5.48 Å². The van der Waals surface area contributed by atoms with Crippen molar-refractivity contribution >= 4 is 11.9 Å². The lowest BCUT2D eigenvalue weighted by molar-refractivity contribution is -0.154. The van der Waals surface area contributed by atoms with E-state index in [1.165, 1.54) is 0 Å². The third-order valence-electron chi connectivity index (χ3n) is 2.64. The molecule has 0 heterocycles. The zero-order chi connectivity index (χ0) is 11.9. The summed E-state index contributed by atoms with van der Waals surface area (Å²) in [5.41, 5.74) is 1.24. The van der Waals surface area contributed by atoms with E-state index in [0.717, 1.165) is 0 Å². The molecule has 0 unspecified atom stereocenters. The van der Waals surface area contributed by atoms with E-state index >= 15 is 0 Å². The highest BCUT2D eigenvalue weighted by molar-refractivity contribution is 5.84. The van der Waals surface area contributed by atoms with Gasteiger partial charge >= 0.3 is 5.97 Å². The van der Waals surface area contributed by atoms with Crippen molar-refractivity contribution in [2.45, 2.75) is 40.0 Å². The second-order valence-electron chi connectivity index (χ2n) is 3.43. The van der Waals surface area contributed by atoms with Crippen LogP contribution in [0, 0.1) is 5.41 Å². The molecule has 0 fully saturated rings. The topological polar surface area (TPSA) is 75.6 Å². The van der Waals surface area contributed by atoms with Gasteiger partial charge in [0.25, 0.3) is 0 Å². The molecule has 1 amide bonds. The van der Waals surface area contributed by atoms with Crippen LogP contribution in [0.15, 0.2) is 0 Å². The van der Waals surface area contributed by atoms with E-state index in [-0.39, 0.29) is 12.3 Å². The Morgan fingerprint density at radius 3 is 2.13 bits per heavy atom. The van der Waals surface area contributed by atoms with Gasteiger partial charge in [-0.05, 0) is 19.8 Å². The molecular weight excluding hydrogens is 198 g/mol. The molecule has 0 aliphatic carbocycles. The summed E-state index contributed by atoms with van der Waals surface area (Å²) < 4.78 is 0. The van der Waals surface area contributed by atoms with Crippen molar-refractivity contribution in [1.29, 1.82) is 0 Å². The summed E-state index contributed by atoms with van der Waals surface area (Å²) in [5.74, 6) is -1.32. The molecule has 0 spiro atoms. The van der Waals surface area contributed by atoms with Gasteiger partial charge in [0.15, 0.2) is 0 Å². The van der Waals surface area contributed by atoms with Crippen LogP contribution in [0.3, 0.4) is 0 Å². The fourth-order valence-corrected chi connectivity index (χ4v) is 1.37. The van der Waals surface area contributed by atoms with Crippen molar-refractivity contribution in [1.82, 2.24) is 5.48 Å². The van der Waals surface area contributed by atoms with E-state index < -0.39 is 11.4 Å². The SMILES string of the molecule is CCONC(=O)CC(CC)(CC)C(=O)O. The highest BCUT2D eigenvalue weighted by Gasteiger charge is 2.37. The van der Waals surface area contributed by atoms with Crippen LogP contribution in [0.5, 0.6) is 0 Å². The van der Waals surface area contributed by atoms with Gasteiger partial charge in [-0.2, -0.15) is 0 Å². The van der Waals surface area contributed by atoms with E-state index in [1.807, 2.05) is 0 Å². The average molecular weight is 217 g/mol. The normalized spacial score (nSPS) is 11.1. The van der Waals surface area contributed by atoms with Crippen LogP contribution in [0.25, 0.3) is 0 Å². The van der Waals surface area contributed by atoms with Crippen molar-refractivity contribution in [3.05, 3.63) is 0 Å². The molecule has 0 aromatic heterocycles. The molecule has 0 atom stereocenters. The number of carbonyl (C=O) groups is 2. The molecule has 0 saturated carbocycles. The lowest BCUT2D eigenvalue weighted by atomic mass is 9.79. The fourth-order valence-electron chi connectivity index (χ4n) is 1.37. The zero-order valence-corrected chi connectivity index (χ0v) is 9.50. The maximum Gasteiger partial charge on any atom is 0.310 e. The van der Waals surface area contributed by atoms with Crippen LogP contribution in [0.2, 0.25) is 0 Å². The largest absolute Gasteiger partial charge is 0.481 e. The summed E-state index contributed by atoms with van der Waals surface area (Å²) >= 11 is 0. The Labute approximate surface area is 89.8 Å². The number of hydroxylamine groups is 1. The quantitative estimate of drug-likeness (QED) is 0.631. The van der Waals surface area contributed by atoms with E-state index in [0.29, 0.717) is 19.4 Å². The first kappa shape index (κ1) is 13.9. The van der Waals surface area contributed by atoms with Crippen molar-refractivity contribution in [3.8, 4) is 0 Å². The molecule has 0 aliphatic rings. The van der Waals surface area contributed by atoms with Crippen LogP contribution in [0.1, 0.15) is 40.0 Å². The summed E-state index contributed by atoms with van der Waals surface area (Å²) in [6.07, 6.45) is 0.812. The number of amides is 1. The van der Waals surface area contributed by atoms with Crippen LogP contribution in [0.4, 0.5) is 0 Å². The number of hydrogen-bond donors (Lipinski definition) is 2. The summed E-state index contributed by atoms with van der Waals surface area (Å²) in [6, 6.07) is 0. The molecule has 0 rings (SSSR count). The second-order valence-corrected chi connectivity index (χ2v) is 3.43. The first-order valence-corrected chi connectivity index (χ1v) is 5.16. The van der Waals surface area contributed by atoms with Crippen LogP contribution in [-0.2, 0) is 14.4 Å². The number of carboxylic acid groups (broad SMARTS) is 1. The summed E-state index contributed by atoms with van der Waals surface area (Å²) in [5, 5.41) is 9.08. The average Bonchev–Trinajstić information content (AvgIpc) is 2.22. The standard InChI is InChI=1S/C10H19NO4/c1-4-10(5-2,9(13)14)7-8(12)11-15-6-3/h4-7H2,1-3H3,(H,11,12)(H,13,14). The molecule has 0 aromatic carbocycles. The molecule has 88 valence electrons. The molecule has 5 heteroatoms. The van der Waals surface area contributed by atoms with Crippen molar-refractivity contribution in [2.75, 3.05) is 6.61 Å². The van der Waals surface area contributed by atoms with Gasteiger partial charge in [0, 0.05) is 6.42 Å². The van der Waals surface area contributed by atoms with Gasteiger partial charge in [0.05, 0.1) is 12.0 Å². The van der Waals surface area contributed by atoms with Crippen molar-refractivity contribution < 1.29 is 19.5 Å². The molecule has 0 aromatic rings. The zero-order valence-electron chi connectivity index (χ0n) is 9.50. The molecular formula is C10H19NO4. The number of nitrogens with one attached hydrogen (secondary N) is 1. The fraction of sp³-hybridized carbons (Fsp3) is 0.800. The first-order chi connectivity index (χ1) is 7.02. The Morgan fingerprint density at radius 2 is 1.80 bits per heavy atom. The van der Waals surface area contributed by atoms with E-state index in [1.54, 1.807) is 20.8 Å². The molecule has 5 nitrogen and oxygen atoms in total. The third-order valence-corrected chi connectivity index (χ3v) is 2.64. The smallest absolute Gasteiger partial charge is 0.310 e. The summed E-state index contributed by atoms with van der Waals surface area (Å²) in [6.45, 7) is 5.64. The van der Waals surface area contributed by atoms with Crippen LogP contribution in [-0.4, -0.2) is 23.6 Å². The lowest BCUT2D eigenvalue weighted by Crippen LogP contribution is -2.36. The molecule has 0 bridgehead atoms. The number of hydrogen-bond acceptors (Lipinski definition) is 3. The number of aliphatic carboxylic acids is 1.